The van der Waals surface area contributed by atoms with Gasteiger partial charge >= 0.3 is 0 Å². The van der Waals surface area contributed by atoms with Crippen LogP contribution in [0.2, 0.25) is 0 Å². The van der Waals surface area contributed by atoms with Crippen molar-refractivity contribution in [3.8, 4) is 17.6 Å². The average molecular weight is 261 g/mol. The van der Waals surface area contributed by atoms with E-state index >= 15 is 0 Å². The van der Waals surface area contributed by atoms with Crippen LogP contribution < -0.4 is 4.74 Å². The summed E-state index contributed by atoms with van der Waals surface area (Å²) in [6.07, 6.45) is 4.55. The summed E-state index contributed by atoms with van der Waals surface area (Å²) >= 11 is 0. The van der Waals surface area contributed by atoms with Crippen molar-refractivity contribution in [1.82, 2.24) is 14.6 Å². The highest BCUT2D eigenvalue weighted by Gasteiger charge is 2.11. The molecule has 0 N–H and O–H groups in total. The fourth-order valence-electron chi connectivity index (χ4n) is 2.28. The average Bonchev–Trinajstić information content (AvgIpc) is 3.12. The topological polar surface area (TPSA) is 39.4 Å². The molecule has 0 saturated carbocycles. The standard InChI is InChI=1S/C16H11N3O/c1(12-2-4-15-13(11-12)7-10-20-15)3-14-6-9-19-16(18-14)5-8-17-19/h2,4-6,8-9,11H,7,10H2. The van der Waals surface area contributed by atoms with Gasteiger partial charge in [0.15, 0.2) is 5.65 Å². The maximum Gasteiger partial charge on any atom is 0.156 e. The molecule has 0 radical (unpaired) electrons. The van der Waals surface area contributed by atoms with Gasteiger partial charge in [0.1, 0.15) is 11.4 Å². The van der Waals surface area contributed by atoms with Crippen molar-refractivity contribution in [2.75, 3.05) is 6.61 Å². The molecule has 0 spiro atoms. The summed E-state index contributed by atoms with van der Waals surface area (Å²) in [6.45, 7) is 0.769. The van der Waals surface area contributed by atoms with Crippen molar-refractivity contribution in [1.29, 1.82) is 0 Å². The van der Waals surface area contributed by atoms with Gasteiger partial charge in [-0.25, -0.2) is 9.50 Å². The summed E-state index contributed by atoms with van der Waals surface area (Å²) in [6, 6.07) is 9.78. The monoisotopic (exact) mass is 261 g/mol. The number of fused-ring (bicyclic) bond motifs is 2. The normalized spacial score (nSPS) is 12.6. The first-order valence-electron chi connectivity index (χ1n) is 6.47. The van der Waals surface area contributed by atoms with E-state index in [1.807, 2.05) is 30.5 Å². The molecule has 3 aromatic rings. The van der Waals surface area contributed by atoms with Gasteiger partial charge in [0.05, 0.1) is 12.8 Å². The fraction of sp³-hybridized carbons (Fsp3) is 0.125. The third-order valence-electron chi connectivity index (χ3n) is 3.28. The van der Waals surface area contributed by atoms with Crippen LogP contribution in [0.5, 0.6) is 5.75 Å². The Morgan fingerprint density at radius 3 is 3.15 bits per heavy atom. The molecule has 0 aliphatic carbocycles. The van der Waals surface area contributed by atoms with Crippen LogP contribution in [0.3, 0.4) is 0 Å². The van der Waals surface area contributed by atoms with Crippen molar-refractivity contribution < 1.29 is 4.74 Å². The summed E-state index contributed by atoms with van der Waals surface area (Å²) in [7, 11) is 0. The molecule has 1 aliphatic heterocycles. The van der Waals surface area contributed by atoms with Gasteiger partial charge in [0, 0.05) is 24.2 Å². The van der Waals surface area contributed by atoms with Crippen LogP contribution in [0.15, 0.2) is 42.7 Å². The third-order valence-corrected chi connectivity index (χ3v) is 3.28. The number of nitrogens with zero attached hydrogens (tertiary/aromatic N) is 3. The maximum absolute atomic E-state index is 5.49. The van der Waals surface area contributed by atoms with E-state index in [-0.39, 0.29) is 0 Å². The summed E-state index contributed by atoms with van der Waals surface area (Å²) in [5.74, 6) is 7.22. The lowest BCUT2D eigenvalue weighted by atomic mass is 10.1. The number of ether oxygens (including phenoxy) is 1. The van der Waals surface area contributed by atoms with E-state index in [1.54, 1.807) is 10.7 Å². The Balaban J connectivity index is 1.68. The van der Waals surface area contributed by atoms with Crippen LogP contribution in [-0.4, -0.2) is 21.2 Å². The van der Waals surface area contributed by atoms with Crippen LogP contribution in [0.4, 0.5) is 0 Å². The molecule has 0 unspecified atom stereocenters. The summed E-state index contributed by atoms with van der Waals surface area (Å²) < 4.78 is 7.21. The lowest BCUT2D eigenvalue weighted by Gasteiger charge is -1.98. The number of hydrogen-bond donors (Lipinski definition) is 0. The second kappa shape index (κ2) is 4.39. The van der Waals surface area contributed by atoms with E-state index in [0.717, 1.165) is 35.7 Å². The second-order valence-corrected chi connectivity index (χ2v) is 4.62. The van der Waals surface area contributed by atoms with Crippen molar-refractivity contribution in [3.05, 3.63) is 59.5 Å². The highest BCUT2D eigenvalue weighted by Crippen LogP contribution is 2.25. The zero-order chi connectivity index (χ0) is 13.4. The highest BCUT2D eigenvalue weighted by atomic mass is 16.5. The zero-order valence-corrected chi connectivity index (χ0v) is 10.7. The number of rotatable bonds is 0. The summed E-state index contributed by atoms with van der Waals surface area (Å²) in [5.41, 5.74) is 3.77. The molecule has 4 nitrogen and oxygen atoms in total. The van der Waals surface area contributed by atoms with Gasteiger partial charge in [-0.3, -0.25) is 0 Å². The molecular weight excluding hydrogens is 250 g/mol. The molecule has 2 aromatic heterocycles. The van der Waals surface area contributed by atoms with E-state index in [4.69, 9.17) is 4.74 Å². The molecule has 3 heterocycles. The van der Waals surface area contributed by atoms with Crippen molar-refractivity contribution in [2.45, 2.75) is 6.42 Å². The molecule has 20 heavy (non-hydrogen) atoms. The SMILES string of the molecule is C(#Cc1ccn2nccc2n1)c1ccc2c(c1)CCO2. The van der Waals surface area contributed by atoms with Crippen LogP contribution in [-0.2, 0) is 6.42 Å². The van der Waals surface area contributed by atoms with Gasteiger partial charge in [0.2, 0.25) is 0 Å². The number of benzene rings is 1. The molecule has 4 rings (SSSR count). The van der Waals surface area contributed by atoms with E-state index in [0.29, 0.717) is 0 Å². The molecule has 0 saturated heterocycles. The predicted octanol–water partition coefficient (Wildman–Crippen LogP) is 2.06. The first kappa shape index (κ1) is 11.1. The molecule has 0 amide bonds. The van der Waals surface area contributed by atoms with E-state index in [1.165, 1.54) is 5.56 Å². The van der Waals surface area contributed by atoms with Crippen LogP contribution in [0.1, 0.15) is 16.8 Å². The molecule has 1 aliphatic rings. The largest absolute Gasteiger partial charge is 0.493 e. The fourth-order valence-corrected chi connectivity index (χ4v) is 2.28. The smallest absolute Gasteiger partial charge is 0.156 e. The first-order chi connectivity index (χ1) is 9.88. The van der Waals surface area contributed by atoms with Gasteiger partial charge in [-0.1, -0.05) is 5.92 Å². The third kappa shape index (κ3) is 1.90. The Morgan fingerprint density at radius 2 is 2.15 bits per heavy atom. The molecular formula is C16H11N3O. The predicted molar refractivity (Wildman–Crippen MR) is 74.6 cm³/mol. The zero-order valence-electron chi connectivity index (χ0n) is 10.7. The first-order valence-corrected chi connectivity index (χ1v) is 6.47. The van der Waals surface area contributed by atoms with Gasteiger partial charge in [-0.15, -0.1) is 0 Å². The summed E-state index contributed by atoms with van der Waals surface area (Å²) in [5, 5.41) is 4.11. The second-order valence-electron chi connectivity index (χ2n) is 4.62. The van der Waals surface area contributed by atoms with Crippen molar-refractivity contribution >= 4 is 5.65 Å². The lowest BCUT2D eigenvalue weighted by Crippen LogP contribution is -1.91. The highest BCUT2D eigenvalue weighted by molar-refractivity contribution is 5.48. The van der Waals surface area contributed by atoms with Gasteiger partial charge < -0.3 is 4.74 Å². The Morgan fingerprint density at radius 1 is 1.15 bits per heavy atom. The van der Waals surface area contributed by atoms with Crippen molar-refractivity contribution in [2.24, 2.45) is 0 Å². The summed E-state index contributed by atoms with van der Waals surface area (Å²) in [4.78, 5) is 4.42. The van der Waals surface area contributed by atoms with Gasteiger partial charge in [-0.2, -0.15) is 5.10 Å². The molecule has 1 aromatic carbocycles. The Labute approximate surface area is 116 Å². The van der Waals surface area contributed by atoms with Crippen LogP contribution in [0, 0.1) is 11.8 Å². The number of hydrogen-bond acceptors (Lipinski definition) is 3. The quantitative estimate of drug-likeness (QED) is 0.581. The molecule has 96 valence electrons. The molecule has 0 fully saturated rings. The minimum atomic E-state index is 0.745. The maximum atomic E-state index is 5.49. The minimum Gasteiger partial charge on any atom is -0.493 e. The van der Waals surface area contributed by atoms with Gasteiger partial charge in [0.25, 0.3) is 0 Å². The molecule has 4 heteroatoms. The minimum absolute atomic E-state index is 0.745. The number of aromatic nitrogens is 3. The van der Waals surface area contributed by atoms with E-state index in [9.17, 15) is 0 Å². The molecule has 0 bridgehead atoms. The molecule has 0 atom stereocenters. The Kier molecular flexibility index (Phi) is 2.43. The van der Waals surface area contributed by atoms with E-state index < -0.39 is 0 Å². The van der Waals surface area contributed by atoms with E-state index in [2.05, 4.69) is 28.0 Å². The van der Waals surface area contributed by atoms with Crippen LogP contribution >= 0.6 is 0 Å². The van der Waals surface area contributed by atoms with Crippen LogP contribution in [0.25, 0.3) is 5.65 Å². The Bertz CT molecular complexity index is 855. The van der Waals surface area contributed by atoms with Crippen molar-refractivity contribution in [3.63, 3.8) is 0 Å². The Hall–Kier alpha value is -2.80. The van der Waals surface area contributed by atoms with Gasteiger partial charge in [-0.05, 0) is 35.7 Å². The lowest BCUT2D eigenvalue weighted by molar-refractivity contribution is 0.357.